The van der Waals surface area contributed by atoms with Crippen LogP contribution in [0.5, 0.6) is 0 Å². The van der Waals surface area contributed by atoms with Crippen molar-refractivity contribution in [2.75, 3.05) is 38.5 Å². The third-order valence-corrected chi connectivity index (χ3v) is 11.7. The molecule has 3 aromatic carbocycles. The van der Waals surface area contributed by atoms with Crippen molar-refractivity contribution in [3.05, 3.63) is 135 Å². The van der Waals surface area contributed by atoms with Crippen LogP contribution in [-0.2, 0) is 19.4 Å². The molecular weight excluding hydrogens is 762 g/mol. The molecular formula is C43H45F6N6O3+. The summed E-state index contributed by atoms with van der Waals surface area (Å²) in [5.74, 6) is -3.99. The predicted molar refractivity (Wildman–Crippen MR) is 206 cm³/mol. The number of anilines is 1. The first-order chi connectivity index (χ1) is 27.6. The van der Waals surface area contributed by atoms with Crippen molar-refractivity contribution in [1.29, 1.82) is 0 Å². The van der Waals surface area contributed by atoms with E-state index in [1.165, 1.54) is 30.3 Å². The van der Waals surface area contributed by atoms with E-state index < -0.39 is 40.5 Å². The van der Waals surface area contributed by atoms with Crippen molar-refractivity contribution >= 4 is 23.3 Å². The summed E-state index contributed by atoms with van der Waals surface area (Å²) in [5.41, 5.74) is 17.5. The van der Waals surface area contributed by atoms with E-state index in [9.17, 15) is 40.7 Å². The van der Waals surface area contributed by atoms with Crippen LogP contribution in [-0.4, -0.2) is 55.2 Å². The van der Waals surface area contributed by atoms with E-state index in [0.29, 0.717) is 56.3 Å². The van der Waals surface area contributed by atoms with Gasteiger partial charge in [-0.1, -0.05) is 18.2 Å². The molecule has 3 aliphatic carbocycles. The summed E-state index contributed by atoms with van der Waals surface area (Å²) < 4.78 is 79.1. The zero-order valence-corrected chi connectivity index (χ0v) is 31.8. The van der Waals surface area contributed by atoms with Gasteiger partial charge in [0.05, 0.1) is 12.6 Å². The monoisotopic (exact) mass is 807 g/mol. The Morgan fingerprint density at radius 2 is 1.33 bits per heavy atom. The van der Waals surface area contributed by atoms with Crippen LogP contribution in [0, 0.1) is 40.2 Å². The second kappa shape index (κ2) is 17.6. The smallest absolute Gasteiger partial charge is 0.317 e. The Morgan fingerprint density at radius 3 is 1.88 bits per heavy atom. The van der Waals surface area contributed by atoms with Crippen molar-refractivity contribution in [3.63, 3.8) is 0 Å². The highest BCUT2D eigenvalue weighted by molar-refractivity contribution is 5.99. The number of hydrogen-bond donors (Lipinski definition) is 5. The molecule has 15 heteroatoms. The number of likely N-dealkylation sites (tertiary alicyclic amines) is 1. The Hall–Kier alpha value is -5.50. The fourth-order valence-electron chi connectivity index (χ4n) is 8.32. The number of piperidine rings is 2. The molecule has 5 aliphatic rings. The van der Waals surface area contributed by atoms with Crippen molar-refractivity contribution in [2.24, 2.45) is 22.3 Å². The maximum Gasteiger partial charge on any atom is 0.317 e. The highest BCUT2D eigenvalue weighted by atomic mass is 19.2. The van der Waals surface area contributed by atoms with Crippen LogP contribution < -0.4 is 27.8 Å². The van der Waals surface area contributed by atoms with Crippen LogP contribution in [0.15, 0.2) is 77.5 Å². The molecule has 0 radical (unpaired) electrons. The normalized spacial score (nSPS) is 19.1. The second-order valence-corrected chi connectivity index (χ2v) is 15.5. The van der Waals surface area contributed by atoms with Gasteiger partial charge in [-0.2, -0.15) is 0 Å². The summed E-state index contributed by atoms with van der Waals surface area (Å²) in [4.78, 5) is 38.8. The van der Waals surface area contributed by atoms with E-state index in [-0.39, 0.29) is 58.5 Å². The summed E-state index contributed by atoms with van der Waals surface area (Å²) in [5, 5.41) is 5.97. The molecule has 3 aromatic rings. The molecule has 0 atom stereocenters. The van der Waals surface area contributed by atoms with Crippen LogP contribution in [0.2, 0.25) is 0 Å². The van der Waals surface area contributed by atoms with E-state index in [2.05, 4.69) is 16.7 Å². The number of hydrogen-bond acceptors (Lipinski definition) is 7. The Bertz CT molecular complexity index is 2190. The van der Waals surface area contributed by atoms with Crippen LogP contribution in [0.25, 0.3) is 0 Å². The largest absolute Gasteiger partial charge is 0.394 e. The number of ketones is 2. The number of rotatable bonds is 3. The SMILES string of the molecule is NCC1=C(F)C(N)=C(F)C=[C+]1.Nc1c(F)ccc(CNC(=O)N2CCC3(CC2)CC(=O)c2cc(F)ccc2C3)c1F.O=C1CC2(CCNCC2)Cc2ccc(F)cc21. The lowest BCUT2D eigenvalue weighted by Gasteiger charge is -2.44. The van der Waals surface area contributed by atoms with Gasteiger partial charge in [-0.15, -0.1) is 8.78 Å². The van der Waals surface area contributed by atoms with Crippen molar-refractivity contribution in [1.82, 2.24) is 15.5 Å². The molecule has 2 fully saturated rings. The minimum atomic E-state index is -0.872. The van der Waals surface area contributed by atoms with Gasteiger partial charge in [0.1, 0.15) is 29.2 Å². The number of halogens is 6. The number of urea groups is 1. The van der Waals surface area contributed by atoms with Gasteiger partial charge in [-0.05, 0) is 104 Å². The highest BCUT2D eigenvalue weighted by Crippen LogP contribution is 2.44. The van der Waals surface area contributed by atoms with Crippen LogP contribution >= 0.6 is 0 Å². The third kappa shape index (κ3) is 9.28. The summed E-state index contributed by atoms with van der Waals surface area (Å²) in [6.07, 6.45) is 9.27. The van der Waals surface area contributed by atoms with Crippen molar-refractivity contribution < 1.29 is 40.7 Å². The molecule has 2 heterocycles. The fourth-order valence-corrected chi connectivity index (χ4v) is 8.32. The lowest BCUT2D eigenvalue weighted by atomic mass is 9.66. The maximum atomic E-state index is 14.0. The summed E-state index contributed by atoms with van der Waals surface area (Å²) in [7, 11) is 0. The molecule has 2 aliphatic heterocycles. The molecule has 306 valence electrons. The summed E-state index contributed by atoms with van der Waals surface area (Å²) in [6.45, 7) is 2.77. The number of nitrogens with two attached hydrogens (primary N) is 3. The minimum absolute atomic E-state index is 0.0314. The predicted octanol–water partition coefficient (Wildman–Crippen LogP) is 6.81. The number of nitrogens with zero attached hydrogens (tertiary/aromatic N) is 1. The van der Waals surface area contributed by atoms with Gasteiger partial charge in [0.25, 0.3) is 11.7 Å². The molecule has 2 amide bonds. The first-order valence-corrected chi connectivity index (χ1v) is 19.1. The lowest BCUT2D eigenvalue weighted by Crippen LogP contribution is -2.49. The Balaban J connectivity index is 0.000000169. The Kier molecular flexibility index (Phi) is 12.7. The standard InChI is InChI=1S/C22H22F3N3O2.C14H16FNO.C7H7F2N2/c23-15-3-1-13-10-22(11-18(29)16(13)9-15)5-7-28(8-6-22)21(30)27-12-14-2-4-17(24)20(26)19(14)25;15-11-2-1-10-8-14(3-5-16-6-4-14)9-13(17)12(10)7-11;8-5-2-1-4(3-10)6(9)7(5)11/h1-4,9H,5-8,10-12,26H2,(H,27,30);1-2,7,16H,3-6,8-9H2;2H,3,10-11H2/q;;+1. The van der Waals surface area contributed by atoms with E-state index in [0.717, 1.165) is 55.6 Å². The van der Waals surface area contributed by atoms with Crippen LogP contribution in [0.4, 0.5) is 36.8 Å². The van der Waals surface area contributed by atoms with Gasteiger partial charge >= 0.3 is 6.03 Å². The third-order valence-electron chi connectivity index (χ3n) is 11.7. The van der Waals surface area contributed by atoms with Crippen molar-refractivity contribution in [3.8, 4) is 0 Å². The maximum absolute atomic E-state index is 14.0. The molecule has 9 nitrogen and oxygen atoms in total. The Labute approximate surface area is 332 Å². The van der Waals surface area contributed by atoms with Crippen LogP contribution in [0.1, 0.15) is 75.9 Å². The van der Waals surface area contributed by atoms with Gasteiger partial charge in [-0.25, -0.2) is 22.4 Å². The molecule has 0 unspecified atom stereocenters. The number of fused-ring (bicyclic) bond motifs is 2. The molecule has 0 aromatic heterocycles. The Morgan fingerprint density at radius 1 is 0.776 bits per heavy atom. The van der Waals surface area contributed by atoms with Gasteiger partial charge in [0.15, 0.2) is 23.0 Å². The molecule has 58 heavy (non-hydrogen) atoms. The van der Waals surface area contributed by atoms with E-state index in [1.54, 1.807) is 17.0 Å². The molecule has 2 spiro atoms. The van der Waals surface area contributed by atoms with Crippen molar-refractivity contribution in [2.45, 2.75) is 57.9 Å². The minimum Gasteiger partial charge on any atom is -0.394 e. The van der Waals surface area contributed by atoms with E-state index in [1.807, 2.05) is 0 Å². The van der Waals surface area contributed by atoms with Gasteiger partial charge in [0, 0.05) is 49.2 Å². The molecule has 8 rings (SSSR count). The van der Waals surface area contributed by atoms with Crippen LogP contribution in [0.3, 0.4) is 0 Å². The fraction of sp³-hybridized carbons (Fsp3) is 0.372. The molecule has 8 N–H and O–H groups in total. The number of nitrogens with one attached hydrogen (secondary N) is 2. The van der Waals surface area contributed by atoms with Gasteiger partial charge in [-0.3, -0.25) is 9.59 Å². The molecule has 2 saturated heterocycles. The number of carbonyl (C=O) groups excluding carboxylic acids is 3. The summed E-state index contributed by atoms with van der Waals surface area (Å²) in [6, 6.07) is 10.9. The second-order valence-electron chi connectivity index (χ2n) is 15.5. The average molecular weight is 808 g/mol. The van der Waals surface area contributed by atoms with Gasteiger partial charge in [0.2, 0.25) is 5.70 Å². The number of allylic oxidation sites excluding steroid dienone is 3. The number of amides is 2. The topological polar surface area (TPSA) is 157 Å². The van der Waals surface area contributed by atoms with Gasteiger partial charge < -0.3 is 32.7 Å². The lowest BCUT2D eigenvalue weighted by molar-refractivity contribution is 0.0734. The average Bonchev–Trinajstić information content (AvgIpc) is 3.20. The summed E-state index contributed by atoms with van der Waals surface area (Å²) >= 11 is 0. The van der Waals surface area contributed by atoms with E-state index >= 15 is 0 Å². The zero-order chi connectivity index (χ0) is 41.8. The highest BCUT2D eigenvalue weighted by Gasteiger charge is 2.42. The first-order valence-electron chi connectivity index (χ1n) is 19.1. The number of carbonyl (C=O) groups is 3. The number of nitrogen functional groups attached to an aromatic ring is 1. The molecule has 0 saturated carbocycles. The number of Topliss-reactive ketones (excluding diaryl/α,β-unsaturated/α-hetero) is 2. The zero-order valence-electron chi connectivity index (χ0n) is 31.8. The number of benzene rings is 3. The first kappa shape index (κ1) is 42.1. The van der Waals surface area contributed by atoms with E-state index in [4.69, 9.17) is 17.2 Å². The quantitative estimate of drug-likeness (QED) is 0.111. The molecule has 0 bridgehead atoms.